The molecule has 112 valence electrons. The highest BCUT2D eigenvalue weighted by Crippen LogP contribution is 2.32. The Balaban J connectivity index is 2.29. The van der Waals surface area contributed by atoms with Gasteiger partial charge in [0.2, 0.25) is 0 Å². The fourth-order valence-corrected chi connectivity index (χ4v) is 3.15. The van der Waals surface area contributed by atoms with E-state index in [1.807, 2.05) is 12.1 Å². The first-order chi connectivity index (χ1) is 10.2. The van der Waals surface area contributed by atoms with Gasteiger partial charge in [0, 0.05) is 31.6 Å². The van der Waals surface area contributed by atoms with E-state index in [1.165, 1.54) is 5.56 Å². The zero-order valence-corrected chi connectivity index (χ0v) is 12.7. The Morgan fingerprint density at radius 1 is 1.29 bits per heavy atom. The lowest BCUT2D eigenvalue weighted by molar-refractivity contribution is 0.542. The summed E-state index contributed by atoms with van der Waals surface area (Å²) < 4.78 is 5.56. The van der Waals surface area contributed by atoms with Crippen LogP contribution in [-0.2, 0) is 6.42 Å². The summed E-state index contributed by atoms with van der Waals surface area (Å²) in [5, 5.41) is 4.47. The second-order valence-electron chi connectivity index (χ2n) is 5.65. The van der Waals surface area contributed by atoms with Gasteiger partial charge in [-0.3, -0.25) is 0 Å². The third-order valence-electron chi connectivity index (χ3n) is 4.14. The van der Waals surface area contributed by atoms with Gasteiger partial charge in [0.15, 0.2) is 0 Å². The molecule has 2 aromatic rings. The van der Waals surface area contributed by atoms with E-state index in [0.29, 0.717) is 5.58 Å². The molecule has 0 unspecified atom stereocenters. The SMILES string of the molecule is CCCc1c(N2CCNCC2)c2c(C)cccc2oc1=O. The minimum Gasteiger partial charge on any atom is -0.422 e. The first-order valence-corrected chi connectivity index (χ1v) is 7.73. The molecule has 4 nitrogen and oxygen atoms in total. The molecule has 1 fully saturated rings. The summed E-state index contributed by atoms with van der Waals surface area (Å²) in [7, 11) is 0. The molecule has 1 aliphatic heterocycles. The molecule has 0 atom stereocenters. The molecule has 4 heteroatoms. The van der Waals surface area contributed by atoms with E-state index in [1.54, 1.807) is 0 Å². The quantitative estimate of drug-likeness (QED) is 0.880. The molecule has 1 saturated heterocycles. The molecule has 21 heavy (non-hydrogen) atoms. The topological polar surface area (TPSA) is 45.5 Å². The predicted octanol–water partition coefficient (Wildman–Crippen LogP) is 2.46. The van der Waals surface area contributed by atoms with Crippen molar-refractivity contribution in [2.45, 2.75) is 26.7 Å². The number of aryl methyl sites for hydroxylation is 1. The van der Waals surface area contributed by atoms with Crippen LogP contribution in [-0.4, -0.2) is 26.2 Å². The van der Waals surface area contributed by atoms with Crippen LogP contribution in [0.3, 0.4) is 0 Å². The predicted molar refractivity (Wildman–Crippen MR) is 86.3 cm³/mol. The van der Waals surface area contributed by atoms with Crippen molar-refractivity contribution in [2.24, 2.45) is 0 Å². The van der Waals surface area contributed by atoms with Crippen molar-refractivity contribution in [2.75, 3.05) is 31.1 Å². The van der Waals surface area contributed by atoms with Crippen LogP contribution in [0.1, 0.15) is 24.5 Å². The largest absolute Gasteiger partial charge is 0.422 e. The van der Waals surface area contributed by atoms with Gasteiger partial charge in [-0.1, -0.05) is 25.5 Å². The molecule has 2 heterocycles. The van der Waals surface area contributed by atoms with E-state index >= 15 is 0 Å². The molecular weight excluding hydrogens is 264 g/mol. The van der Waals surface area contributed by atoms with Crippen LogP contribution < -0.4 is 15.8 Å². The number of nitrogens with zero attached hydrogens (tertiary/aromatic N) is 1. The zero-order valence-electron chi connectivity index (χ0n) is 12.7. The fraction of sp³-hybridized carbons (Fsp3) is 0.471. The van der Waals surface area contributed by atoms with Gasteiger partial charge >= 0.3 is 5.63 Å². The molecule has 0 bridgehead atoms. The van der Waals surface area contributed by atoms with Crippen molar-refractivity contribution >= 4 is 16.7 Å². The van der Waals surface area contributed by atoms with Gasteiger partial charge in [0.25, 0.3) is 0 Å². The third kappa shape index (κ3) is 2.56. The van der Waals surface area contributed by atoms with Crippen molar-refractivity contribution in [1.29, 1.82) is 0 Å². The van der Waals surface area contributed by atoms with Crippen LogP contribution >= 0.6 is 0 Å². The van der Waals surface area contributed by atoms with Gasteiger partial charge in [-0.05, 0) is 25.0 Å². The molecule has 1 aromatic heterocycles. The van der Waals surface area contributed by atoms with Crippen molar-refractivity contribution in [3.63, 3.8) is 0 Å². The number of benzene rings is 1. The summed E-state index contributed by atoms with van der Waals surface area (Å²) in [5.41, 5.74) is 3.63. The average molecular weight is 286 g/mol. The van der Waals surface area contributed by atoms with Crippen LogP contribution in [0.15, 0.2) is 27.4 Å². The van der Waals surface area contributed by atoms with E-state index < -0.39 is 0 Å². The summed E-state index contributed by atoms with van der Waals surface area (Å²) in [6.45, 7) is 7.97. The molecule has 0 saturated carbocycles. The Morgan fingerprint density at radius 3 is 2.76 bits per heavy atom. The van der Waals surface area contributed by atoms with Gasteiger partial charge in [0.1, 0.15) is 5.58 Å². The number of hydrogen-bond acceptors (Lipinski definition) is 4. The lowest BCUT2D eigenvalue weighted by Gasteiger charge is -2.32. The summed E-state index contributed by atoms with van der Waals surface area (Å²) in [6, 6.07) is 5.93. The first-order valence-electron chi connectivity index (χ1n) is 7.73. The molecule has 0 amide bonds. The number of rotatable bonds is 3. The molecular formula is C17H22N2O2. The second-order valence-corrected chi connectivity index (χ2v) is 5.65. The molecule has 0 radical (unpaired) electrons. The summed E-state index contributed by atoms with van der Waals surface area (Å²) in [4.78, 5) is 14.7. The highest BCUT2D eigenvalue weighted by Gasteiger charge is 2.21. The van der Waals surface area contributed by atoms with Crippen LogP contribution in [0, 0.1) is 6.92 Å². The van der Waals surface area contributed by atoms with Gasteiger partial charge in [0.05, 0.1) is 11.3 Å². The molecule has 0 spiro atoms. The summed E-state index contributed by atoms with van der Waals surface area (Å²) in [6.07, 6.45) is 1.72. The standard InChI is InChI=1S/C17H22N2O2/c1-3-5-13-16(19-10-8-18-9-11-19)15-12(2)6-4-7-14(15)21-17(13)20/h4,6-7,18H,3,5,8-11H2,1-2H3. The lowest BCUT2D eigenvalue weighted by atomic mass is 10.0. The maximum atomic E-state index is 12.4. The van der Waals surface area contributed by atoms with Gasteiger partial charge in [-0.2, -0.15) is 0 Å². The normalized spacial score (nSPS) is 15.6. The van der Waals surface area contributed by atoms with Crippen LogP contribution in [0.2, 0.25) is 0 Å². The molecule has 3 rings (SSSR count). The highest BCUT2D eigenvalue weighted by atomic mass is 16.4. The Kier molecular flexibility index (Phi) is 3.97. The zero-order chi connectivity index (χ0) is 14.8. The van der Waals surface area contributed by atoms with E-state index in [9.17, 15) is 4.79 Å². The van der Waals surface area contributed by atoms with Crippen LogP contribution in [0.25, 0.3) is 11.0 Å². The van der Waals surface area contributed by atoms with Crippen LogP contribution in [0.5, 0.6) is 0 Å². The smallest absolute Gasteiger partial charge is 0.341 e. The summed E-state index contributed by atoms with van der Waals surface area (Å²) in [5.74, 6) is 0. The van der Waals surface area contributed by atoms with E-state index in [2.05, 4.69) is 30.1 Å². The molecule has 1 aromatic carbocycles. The maximum absolute atomic E-state index is 12.4. The Labute approximate surface area is 124 Å². The first kappa shape index (κ1) is 14.1. The Morgan fingerprint density at radius 2 is 2.05 bits per heavy atom. The van der Waals surface area contributed by atoms with Gasteiger partial charge < -0.3 is 14.6 Å². The third-order valence-corrected chi connectivity index (χ3v) is 4.14. The number of fused-ring (bicyclic) bond motifs is 1. The van der Waals surface area contributed by atoms with Crippen molar-refractivity contribution < 1.29 is 4.42 Å². The van der Waals surface area contributed by atoms with E-state index in [4.69, 9.17) is 4.42 Å². The van der Waals surface area contributed by atoms with Gasteiger partial charge in [-0.15, -0.1) is 0 Å². The number of hydrogen-bond donors (Lipinski definition) is 1. The number of nitrogens with one attached hydrogen (secondary N) is 1. The molecule has 1 N–H and O–H groups in total. The second kappa shape index (κ2) is 5.90. The number of anilines is 1. The Hall–Kier alpha value is -1.81. The fourth-order valence-electron chi connectivity index (χ4n) is 3.15. The lowest BCUT2D eigenvalue weighted by Crippen LogP contribution is -2.44. The van der Waals surface area contributed by atoms with Crippen molar-refractivity contribution in [1.82, 2.24) is 5.32 Å². The van der Waals surface area contributed by atoms with E-state index in [-0.39, 0.29) is 5.63 Å². The average Bonchev–Trinajstić information content (AvgIpc) is 2.50. The van der Waals surface area contributed by atoms with Gasteiger partial charge in [-0.25, -0.2) is 4.79 Å². The summed E-state index contributed by atoms with van der Waals surface area (Å²) >= 11 is 0. The minimum atomic E-state index is -0.177. The monoisotopic (exact) mass is 286 g/mol. The van der Waals surface area contributed by atoms with Crippen LogP contribution in [0.4, 0.5) is 5.69 Å². The Bertz CT molecular complexity index is 700. The van der Waals surface area contributed by atoms with Crippen molar-refractivity contribution in [3.8, 4) is 0 Å². The highest BCUT2D eigenvalue weighted by molar-refractivity contribution is 5.94. The van der Waals surface area contributed by atoms with Crippen molar-refractivity contribution in [3.05, 3.63) is 39.7 Å². The minimum absolute atomic E-state index is 0.177. The number of piperazine rings is 1. The van der Waals surface area contributed by atoms with E-state index in [0.717, 1.165) is 55.7 Å². The molecule has 0 aliphatic carbocycles. The molecule has 1 aliphatic rings. The maximum Gasteiger partial charge on any atom is 0.341 e.